The van der Waals surface area contributed by atoms with E-state index >= 15 is 0 Å². The van der Waals surface area contributed by atoms with Crippen LogP contribution in [0.3, 0.4) is 0 Å². The van der Waals surface area contributed by atoms with E-state index in [0.29, 0.717) is 11.1 Å². The lowest BCUT2D eigenvalue weighted by molar-refractivity contribution is -0.386. The molecule has 0 fully saturated rings. The summed E-state index contributed by atoms with van der Waals surface area (Å²) in [7, 11) is 0. The van der Waals surface area contributed by atoms with Crippen LogP contribution in [-0.4, -0.2) is 28.6 Å². The number of fused-ring (bicyclic) bond motifs is 1. The molecule has 0 bridgehead atoms. The van der Waals surface area contributed by atoms with Crippen LogP contribution in [0.2, 0.25) is 0 Å². The molecule has 0 saturated carbocycles. The molecule has 1 atom stereocenters. The lowest BCUT2D eigenvalue weighted by atomic mass is 10.0. The molecule has 0 N–H and O–H groups in total. The molecule has 0 saturated heterocycles. The molecule has 3 aromatic rings. The first-order chi connectivity index (χ1) is 19.5. The van der Waals surface area contributed by atoms with Crippen molar-refractivity contribution in [2.24, 2.45) is 0 Å². The summed E-state index contributed by atoms with van der Waals surface area (Å²) in [5, 5.41) is 23.2. The fourth-order valence-electron chi connectivity index (χ4n) is 3.87. The summed E-state index contributed by atoms with van der Waals surface area (Å²) >= 11 is 0. The number of ether oxygens (including phenoxy) is 4. The van der Waals surface area contributed by atoms with Gasteiger partial charge in [-0.1, -0.05) is 36.4 Å². The molecule has 1 heterocycles. The summed E-state index contributed by atoms with van der Waals surface area (Å²) in [5.41, 5.74) is -0.0317. The van der Waals surface area contributed by atoms with Crippen LogP contribution < -0.4 is 9.47 Å². The summed E-state index contributed by atoms with van der Waals surface area (Å²) < 4.78 is 36.9. The fraction of sp³-hybridized carbons (Fsp3) is 0.259. The molecule has 202 valence electrons. The van der Waals surface area contributed by atoms with Crippen molar-refractivity contribution in [2.75, 3.05) is 6.79 Å². The largest absolute Gasteiger partial charge is 0.461 e. The van der Waals surface area contributed by atoms with Gasteiger partial charge < -0.3 is 18.9 Å². The molecule has 0 aliphatic carbocycles. The van der Waals surface area contributed by atoms with Crippen LogP contribution in [0.1, 0.15) is 46.2 Å². The van der Waals surface area contributed by atoms with Crippen molar-refractivity contribution in [3.05, 3.63) is 92.0 Å². The van der Waals surface area contributed by atoms with Gasteiger partial charge in [0.1, 0.15) is 12.7 Å². The Bertz CT molecular complexity index is 1500. The van der Waals surface area contributed by atoms with E-state index in [1.165, 1.54) is 37.3 Å². The Balaban J connectivity index is 1.34. The molecule has 12 nitrogen and oxygen atoms in total. The lowest BCUT2D eigenvalue weighted by Gasteiger charge is -2.14. The quantitative estimate of drug-likeness (QED) is 0.175. The molecule has 1 aliphatic heterocycles. The van der Waals surface area contributed by atoms with E-state index in [4.69, 9.17) is 21.7 Å². The number of carbonyl (C=O) groups excluding carboxylic acids is 2. The number of nitro groups is 2. The Morgan fingerprint density at radius 2 is 1.59 bits per heavy atom. The summed E-state index contributed by atoms with van der Waals surface area (Å²) in [6.45, 7) is -1.46. The molecule has 1 aliphatic rings. The van der Waals surface area contributed by atoms with Gasteiger partial charge in [0, 0.05) is 18.9 Å². The van der Waals surface area contributed by atoms with E-state index in [-0.39, 0.29) is 48.8 Å². The van der Waals surface area contributed by atoms with Gasteiger partial charge in [-0.2, -0.15) is 0 Å². The molecule has 0 radical (unpaired) electrons. The van der Waals surface area contributed by atoms with Crippen molar-refractivity contribution in [1.29, 1.82) is 0 Å². The summed E-state index contributed by atoms with van der Waals surface area (Å²) in [6, 6.07) is 15.2. The maximum absolute atomic E-state index is 12.4. The van der Waals surface area contributed by atoms with Crippen molar-refractivity contribution in [3.8, 4) is 22.6 Å². The topological polar surface area (TPSA) is 157 Å². The maximum atomic E-state index is 12.4. The predicted molar refractivity (Wildman–Crippen MR) is 136 cm³/mol. The van der Waals surface area contributed by atoms with E-state index in [9.17, 15) is 29.8 Å². The minimum atomic E-state index is -2.82. The van der Waals surface area contributed by atoms with Gasteiger partial charge in [0.2, 0.25) is 6.79 Å². The highest BCUT2D eigenvalue weighted by atomic mass is 16.7. The van der Waals surface area contributed by atoms with E-state index in [0.717, 1.165) is 0 Å². The van der Waals surface area contributed by atoms with Gasteiger partial charge in [-0.25, -0.2) is 0 Å². The predicted octanol–water partition coefficient (Wildman–Crippen LogP) is 5.42. The zero-order chi connectivity index (χ0) is 29.7. The van der Waals surface area contributed by atoms with E-state index in [2.05, 4.69) is 0 Å². The van der Waals surface area contributed by atoms with Crippen LogP contribution in [-0.2, 0) is 25.6 Å². The van der Waals surface area contributed by atoms with Gasteiger partial charge in [-0.3, -0.25) is 29.8 Å². The third-order valence-corrected chi connectivity index (χ3v) is 5.80. The third-order valence-electron chi connectivity index (χ3n) is 5.80. The Morgan fingerprint density at radius 1 is 0.923 bits per heavy atom. The highest BCUT2D eigenvalue weighted by molar-refractivity contribution is 5.73. The van der Waals surface area contributed by atoms with Crippen molar-refractivity contribution < 1.29 is 41.1 Å². The van der Waals surface area contributed by atoms with Gasteiger partial charge in [-0.15, -0.1) is 0 Å². The van der Waals surface area contributed by atoms with E-state index < -0.39 is 45.7 Å². The van der Waals surface area contributed by atoms with Gasteiger partial charge in [0.25, 0.3) is 11.4 Å². The number of benzene rings is 3. The van der Waals surface area contributed by atoms with Crippen molar-refractivity contribution in [3.63, 3.8) is 0 Å². The number of hydrogen-bond acceptors (Lipinski definition) is 10. The second-order valence-electron chi connectivity index (χ2n) is 8.44. The number of carbonyl (C=O) groups is 2. The van der Waals surface area contributed by atoms with Crippen LogP contribution in [0.5, 0.6) is 11.5 Å². The van der Waals surface area contributed by atoms with Crippen LogP contribution in [0.4, 0.5) is 11.4 Å². The number of hydrogen-bond donors (Lipinski definition) is 0. The van der Waals surface area contributed by atoms with Crippen LogP contribution in [0.15, 0.2) is 60.7 Å². The molecule has 39 heavy (non-hydrogen) atoms. The number of rotatable bonds is 11. The van der Waals surface area contributed by atoms with Gasteiger partial charge >= 0.3 is 11.9 Å². The molecule has 0 aromatic heterocycles. The lowest BCUT2D eigenvalue weighted by Crippen LogP contribution is -2.12. The first-order valence-corrected chi connectivity index (χ1v) is 11.8. The maximum Gasteiger partial charge on any atom is 0.306 e. The van der Waals surface area contributed by atoms with Crippen LogP contribution in [0, 0.1) is 20.2 Å². The molecule has 0 amide bonds. The summed E-state index contributed by atoms with van der Waals surface area (Å²) in [5.74, 6) is -1.30. The van der Waals surface area contributed by atoms with Gasteiger partial charge in [-0.05, 0) is 36.6 Å². The minimum Gasteiger partial charge on any atom is -0.461 e. The molecule has 0 spiro atoms. The Labute approximate surface area is 225 Å². The molecule has 1 unspecified atom stereocenters. The average molecular weight is 539 g/mol. The van der Waals surface area contributed by atoms with Gasteiger partial charge in [0.05, 0.1) is 29.8 Å². The highest BCUT2D eigenvalue weighted by Gasteiger charge is 2.28. The monoisotopic (exact) mass is 538 g/mol. The zero-order valence-electron chi connectivity index (χ0n) is 22.7. The third kappa shape index (κ3) is 6.66. The second kappa shape index (κ2) is 12.0. The molecular weight excluding hydrogens is 512 g/mol. The minimum absolute atomic E-state index is 0.0846. The standard InChI is InChI=1S/C27H24N2O10/c1-17(21-13-24-25(38-16-37-24)14-23(21)29(34)35)39-27(31)9-5-8-26(30)36-15-20-11-10-19(12-22(20)28(32)33)18-6-3-2-4-7-18/h2-4,6-7,10-14,17H,5,8-9,15-16H2,1H3/i15D2. The highest BCUT2D eigenvalue weighted by Crippen LogP contribution is 2.41. The zero-order valence-corrected chi connectivity index (χ0v) is 20.7. The SMILES string of the molecule is [2H]C([2H])(OC(=O)CCCC(=O)OC(C)c1cc2c(cc1[N+](=O)[O-])OCO2)c1ccc(-c2ccccc2)cc1[N+](=O)[O-]. The molecule has 3 aromatic carbocycles. The summed E-state index contributed by atoms with van der Waals surface area (Å²) in [6.07, 6.45) is -1.76. The van der Waals surface area contributed by atoms with Gasteiger partial charge in [0.15, 0.2) is 11.5 Å². The molecule has 12 heteroatoms. The van der Waals surface area contributed by atoms with Crippen molar-refractivity contribution in [2.45, 2.75) is 38.8 Å². The van der Waals surface area contributed by atoms with E-state index in [1.807, 2.05) is 0 Å². The fourth-order valence-corrected chi connectivity index (χ4v) is 3.87. The van der Waals surface area contributed by atoms with Crippen molar-refractivity contribution in [1.82, 2.24) is 0 Å². The summed E-state index contributed by atoms with van der Waals surface area (Å²) in [4.78, 5) is 46.5. The molecular formula is C27H24N2O10. The second-order valence-corrected chi connectivity index (χ2v) is 8.44. The first-order valence-electron chi connectivity index (χ1n) is 12.8. The average Bonchev–Trinajstić information content (AvgIpc) is 3.40. The number of nitrogens with zero attached hydrogens (tertiary/aromatic N) is 2. The number of nitro benzene ring substituents is 2. The van der Waals surface area contributed by atoms with Crippen LogP contribution >= 0.6 is 0 Å². The smallest absolute Gasteiger partial charge is 0.306 e. The van der Waals surface area contributed by atoms with Crippen LogP contribution in [0.25, 0.3) is 11.1 Å². The Hall–Kier alpha value is -5.00. The first kappa shape index (κ1) is 24.3. The Morgan fingerprint density at radius 3 is 2.28 bits per heavy atom. The normalized spacial score (nSPS) is 13.6. The number of esters is 2. The molecule has 4 rings (SSSR count). The van der Waals surface area contributed by atoms with E-state index in [1.54, 1.807) is 30.3 Å². The van der Waals surface area contributed by atoms with Crippen molar-refractivity contribution >= 4 is 23.3 Å². The Kier molecular flexibility index (Phi) is 7.51.